The molecule has 0 aliphatic heterocycles. The van der Waals surface area contributed by atoms with Crippen molar-refractivity contribution in [2.75, 3.05) is 17.4 Å². The van der Waals surface area contributed by atoms with Crippen molar-refractivity contribution >= 4 is 27.5 Å². The van der Waals surface area contributed by atoms with Gasteiger partial charge in [-0.05, 0) is 80.1 Å². The molecule has 42 heavy (non-hydrogen) atoms. The molecule has 8 nitrogen and oxygen atoms in total. The SMILES string of the molecule is CCNC(=O)C(C)N(Cc1ccc(F)cc1)C(=O)CN(c1ccc(Oc2ccccc2)cc1)S(=O)(=O)c1ccccc1. The molecule has 0 saturated carbocycles. The fourth-order valence-electron chi connectivity index (χ4n) is 4.24. The molecule has 10 heteroatoms. The maximum atomic E-state index is 13.9. The molecule has 0 fully saturated rings. The van der Waals surface area contributed by atoms with Crippen LogP contribution >= 0.6 is 0 Å². The molecule has 4 aromatic rings. The van der Waals surface area contributed by atoms with E-state index in [2.05, 4.69) is 5.32 Å². The highest BCUT2D eigenvalue weighted by atomic mass is 32.2. The van der Waals surface area contributed by atoms with Crippen molar-refractivity contribution < 1.29 is 27.1 Å². The smallest absolute Gasteiger partial charge is 0.264 e. The van der Waals surface area contributed by atoms with Gasteiger partial charge in [-0.3, -0.25) is 13.9 Å². The summed E-state index contributed by atoms with van der Waals surface area (Å²) >= 11 is 0. The van der Waals surface area contributed by atoms with Gasteiger partial charge in [0.2, 0.25) is 11.8 Å². The van der Waals surface area contributed by atoms with Crippen molar-refractivity contribution in [2.45, 2.75) is 31.3 Å². The molecular formula is C32H32FN3O5S. The van der Waals surface area contributed by atoms with Crippen LogP contribution in [0.5, 0.6) is 11.5 Å². The highest BCUT2D eigenvalue weighted by Gasteiger charge is 2.32. The Kier molecular flexibility index (Phi) is 9.93. The minimum atomic E-state index is -4.19. The van der Waals surface area contributed by atoms with Gasteiger partial charge in [0.15, 0.2) is 0 Å². The molecule has 0 saturated heterocycles. The fraction of sp³-hybridized carbons (Fsp3) is 0.188. The molecule has 1 unspecified atom stereocenters. The Labute approximate surface area is 245 Å². The lowest BCUT2D eigenvalue weighted by atomic mass is 10.1. The van der Waals surface area contributed by atoms with Crippen LogP contribution in [-0.4, -0.2) is 44.3 Å². The van der Waals surface area contributed by atoms with Gasteiger partial charge < -0.3 is 15.0 Å². The number of hydrogen-bond acceptors (Lipinski definition) is 5. The Morgan fingerprint density at radius 3 is 2.00 bits per heavy atom. The number of benzene rings is 4. The standard InChI is InChI=1S/C32H32FN3O5S/c1-3-34-32(38)24(2)35(22-25-14-16-26(33)17-15-25)31(37)23-36(42(39,40)30-12-8-5-9-13-30)27-18-20-29(21-19-27)41-28-10-6-4-7-11-28/h4-21,24H,3,22-23H2,1-2H3,(H,34,38). The van der Waals surface area contributed by atoms with Gasteiger partial charge in [0.05, 0.1) is 10.6 Å². The van der Waals surface area contributed by atoms with Crippen molar-refractivity contribution in [1.82, 2.24) is 10.2 Å². The summed E-state index contributed by atoms with van der Waals surface area (Å²) in [5.74, 6) is -0.343. The van der Waals surface area contributed by atoms with Crippen LogP contribution in [0.2, 0.25) is 0 Å². The zero-order chi connectivity index (χ0) is 30.1. The zero-order valence-corrected chi connectivity index (χ0v) is 24.1. The Balaban J connectivity index is 1.68. The van der Waals surface area contributed by atoms with Crippen molar-refractivity contribution in [3.63, 3.8) is 0 Å². The molecule has 0 radical (unpaired) electrons. The van der Waals surface area contributed by atoms with Gasteiger partial charge in [-0.1, -0.05) is 48.5 Å². The lowest BCUT2D eigenvalue weighted by molar-refractivity contribution is -0.139. The normalized spacial score (nSPS) is 11.8. The fourth-order valence-corrected chi connectivity index (χ4v) is 5.68. The highest BCUT2D eigenvalue weighted by molar-refractivity contribution is 7.92. The van der Waals surface area contributed by atoms with Crippen LogP contribution in [0.4, 0.5) is 10.1 Å². The third-order valence-electron chi connectivity index (χ3n) is 6.50. The van der Waals surface area contributed by atoms with E-state index in [4.69, 9.17) is 4.74 Å². The van der Waals surface area contributed by atoms with Crippen LogP contribution in [0.15, 0.2) is 114 Å². The van der Waals surface area contributed by atoms with E-state index in [9.17, 15) is 22.4 Å². The van der Waals surface area contributed by atoms with Crippen molar-refractivity contribution in [3.05, 3.63) is 121 Å². The quantitative estimate of drug-likeness (QED) is 0.240. The van der Waals surface area contributed by atoms with Gasteiger partial charge in [0.25, 0.3) is 10.0 Å². The van der Waals surface area contributed by atoms with E-state index < -0.39 is 40.2 Å². The number of rotatable bonds is 12. The number of anilines is 1. The minimum Gasteiger partial charge on any atom is -0.457 e. The third kappa shape index (κ3) is 7.52. The topological polar surface area (TPSA) is 96.0 Å². The van der Waals surface area contributed by atoms with E-state index in [0.717, 1.165) is 4.31 Å². The summed E-state index contributed by atoms with van der Waals surface area (Å²) in [6, 6.07) is 27.9. The number of nitrogens with one attached hydrogen (secondary N) is 1. The van der Waals surface area contributed by atoms with Crippen LogP contribution < -0.4 is 14.4 Å². The van der Waals surface area contributed by atoms with Crippen LogP contribution in [-0.2, 0) is 26.2 Å². The average Bonchev–Trinajstić information content (AvgIpc) is 3.00. The Morgan fingerprint density at radius 1 is 0.833 bits per heavy atom. The van der Waals surface area contributed by atoms with E-state index in [0.29, 0.717) is 23.6 Å². The summed E-state index contributed by atoms with van der Waals surface area (Å²) in [6.07, 6.45) is 0. The molecule has 0 heterocycles. The summed E-state index contributed by atoms with van der Waals surface area (Å²) in [5, 5.41) is 2.70. The van der Waals surface area contributed by atoms with Crippen LogP contribution in [0.25, 0.3) is 0 Å². The predicted molar refractivity (Wildman–Crippen MR) is 159 cm³/mol. The number of likely N-dealkylation sites (N-methyl/N-ethyl adjacent to an activating group) is 1. The largest absolute Gasteiger partial charge is 0.457 e. The van der Waals surface area contributed by atoms with E-state index in [1.54, 1.807) is 68.4 Å². The predicted octanol–water partition coefficient (Wildman–Crippen LogP) is 5.37. The molecule has 0 spiro atoms. The number of carbonyl (C=O) groups excluding carboxylic acids is 2. The van der Waals surface area contributed by atoms with Crippen molar-refractivity contribution in [2.24, 2.45) is 0 Å². The van der Waals surface area contributed by atoms with Gasteiger partial charge >= 0.3 is 0 Å². The number of para-hydroxylation sites is 1. The average molecular weight is 590 g/mol. The van der Waals surface area contributed by atoms with Crippen molar-refractivity contribution in [1.29, 1.82) is 0 Å². The Hall–Kier alpha value is -4.70. The summed E-state index contributed by atoms with van der Waals surface area (Å²) in [5.41, 5.74) is 0.820. The minimum absolute atomic E-state index is 0.00395. The van der Waals surface area contributed by atoms with Crippen LogP contribution in [0.1, 0.15) is 19.4 Å². The first-order chi connectivity index (χ1) is 20.2. The van der Waals surface area contributed by atoms with E-state index in [1.807, 2.05) is 18.2 Å². The third-order valence-corrected chi connectivity index (χ3v) is 8.29. The maximum Gasteiger partial charge on any atom is 0.264 e. The Bertz CT molecular complexity index is 1580. The van der Waals surface area contributed by atoms with E-state index in [1.165, 1.54) is 41.3 Å². The zero-order valence-electron chi connectivity index (χ0n) is 23.3. The summed E-state index contributed by atoms with van der Waals surface area (Å²) in [4.78, 5) is 28.0. The number of halogens is 1. The molecule has 0 aliphatic carbocycles. The summed E-state index contributed by atoms with van der Waals surface area (Å²) in [6.45, 7) is 3.07. The number of carbonyl (C=O) groups is 2. The molecule has 4 rings (SSSR count). The molecule has 1 atom stereocenters. The van der Waals surface area contributed by atoms with Crippen LogP contribution in [0.3, 0.4) is 0 Å². The second-order valence-corrected chi connectivity index (χ2v) is 11.3. The lowest BCUT2D eigenvalue weighted by Crippen LogP contribution is -2.51. The second kappa shape index (κ2) is 13.8. The molecule has 0 aliphatic rings. The molecule has 1 N–H and O–H groups in total. The van der Waals surface area contributed by atoms with Gasteiger partial charge in [-0.25, -0.2) is 12.8 Å². The lowest BCUT2D eigenvalue weighted by Gasteiger charge is -2.32. The van der Waals surface area contributed by atoms with Gasteiger partial charge in [-0.2, -0.15) is 0 Å². The first-order valence-corrected chi connectivity index (χ1v) is 14.9. The molecule has 0 bridgehead atoms. The van der Waals surface area contributed by atoms with E-state index in [-0.39, 0.29) is 17.1 Å². The van der Waals surface area contributed by atoms with Gasteiger partial charge in [0.1, 0.15) is 29.9 Å². The summed E-state index contributed by atoms with van der Waals surface area (Å²) < 4.78 is 48.1. The maximum absolute atomic E-state index is 13.9. The van der Waals surface area contributed by atoms with Crippen LogP contribution in [0, 0.1) is 5.82 Å². The molecule has 4 aromatic carbocycles. The molecule has 218 valence electrons. The number of nitrogens with zero attached hydrogens (tertiary/aromatic N) is 2. The second-order valence-electron chi connectivity index (χ2n) is 9.45. The van der Waals surface area contributed by atoms with Gasteiger partial charge in [0, 0.05) is 13.1 Å². The summed E-state index contributed by atoms with van der Waals surface area (Å²) in [7, 11) is -4.19. The molecule has 0 aromatic heterocycles. The number of hydrogen-bond donors (Lipinski definition) is 1. The monoisotopic (exact) mass is 589 g/mol. The molecule has 2 amide bonds. The Morgan fingerprint density at radius 2 is 1.40 bits per heavy atom. The molecular weight excluding hydrogens is 557 g/mol. The van der Waals surface area contributed by atoms with Gasteiger partial charge in [-0.15, -0.1) is 0 Å². The first-order valence-electron chi connectivity index (χ1n) is 13.4. The van der Waals surface area contributed by atoms with E-state index >= 15 is 0 Å². The number of ether oxygens (including phenoxy) is 1. The first kappa shape index (κ1) is 30.3. The van der Waals surface area contributed by atoms with Crippen molar-refractivity contribution in [3.8, 4) is 11.5 Å². The number of sulfonamides is 1. The highest BCUT2D eigenvalue weighted by Crippen LogP contribution is 2.28. The number of amides is 2.